The van der Waals surface area contributed by atoms with Crippen molar-refractivity contribution in [2.45, 2.75) is 19.1 Å². The van der Waals surface area contributed by atoms with Crippen molar-refractivity contribution in [2.24, 2.45) is 13.0 Å². The van der Waals surface area contributed by atoms with Gasteiger partial charge in [0.2, 0.25) is 5.91 Å². The van der Waals surface area contributed by atoms with Crippen LogP contribution in [0.3, 0.4) is 0 Å². The van der Waals surface area contributed by atoms with Crippen LogP contribution in [0.5, 0.6) is 0 Å². The summed E-state index contributed by atoms with van der Waals surface area (Å²) in [5, 5.41) is 3.02. The molecule has 1 aliphatic rings. The number of amides is 1. The fourth-order valence-corrected chi connectivity index (χ4v) is 2.90. The largest absolute Gasteiger partial charge is 0.369 e. The molecule has 0 aromatic carbocycles. The number of ether oxygens (including phenoxy) is 1. The van der Waals surface area contributed by atoms with E-state index in [0.29, 0.717) is 19.6 Å². The maximum Gasteiger partial charge on any atom is 0.226 e. The molecule has 2 atom stereocenters. The Morgan fingerprint density at radius 1 is 1.42 bits per heavy atom. The molecule has 3 heterocycles. The van der Waals surface area contributed by atoms with Gasteiger partial charge in [-0.1, -0.05) is 0 Å². The van der Waals surface area contributed by atoms with Crippen molar-refractivity contribution in [1.29, 1.82) is 0 Å². The number of nitrogens with one attached hydrogen (secondary N) is 1. The fourth-order valence-electron chi connectivity index (χ4n) is 2.90. The molecule has 0 bridgehead atoms. The Kier molecular flexibility index (Phi) is 4.80. The molecule has 0 unspecified atom stereocenters. The molecule has 2 aromatic rings. The molecular formula is C17H23N5O2. The summed E-state index contributed by atoms with van der Waals surface area (Å²) in [6.07, 6.45) is 5.78. The van der Waals surface area contributed by atoms with Gasteiger partial charge >= 0.3 is 0 Å². The van der Waals surface area contributed by atoms with Crippen LogP contribution in [0.1, 0.15) is 23.9 Å². The number of hydrogen-bond donors (Lipinski definition) is 1. The summed E-state index contributed by atoms with van der Waals surface area (Å²) in [5.74, 6) is 1.47. The van der Waals surface area contributed by atoms with E-state index in [1.54, 1.807) is 12.4 Å². The second-order valence-electron chi connectivity index (χ2n) is 6.22. The van der Waals surface area contributed by atoms with Crippen molar-refractivity contribution in [2.75, 3.05) is 25.6 Å². The van der Waals surface area contributed by atoms with E-state index in [9.17, 15) is 4.79 Å². The smallest absolute Gasteiger partial charge is 0.226 e. The number of carbonyl (C=O) groups is 1. The van der Waals surface area contributed by atoms with Gasteiger partial charge in [-0.25, -0.2) is 9.97 Å². The minimum absolute atomic E-state index is 0.00344. The maximum absolute atomic E-state index is 12.6. The van der Waals surface area contributed by atoms with Gasteiger partial charge in [0.25, 0.3) is 0 Å². The molecule has 24 heavy (non-hydrogen) atoms. The van der Waals surface area contributed by atoms with Gasteiger partial charge in [0.1, 0.15) is 17.7 Å². The van der Waals surface area contributed by atoms with Gasteiger partial charge < -0.3 is 19.5 Å². The molecule has 0 aliphatic carbocycles. The highest BCUT2D eigenvalue weighted by atomic mass is 16.5. The van der Waals surface area contributed by atoms with Crippen molar-refractivity contribution in [1.82, 2.24) is 19.9 Å². The summed E-state index contributed by atoms with van der Waals surface area (Å²) in [5.41, 5.74) is 1.02. The summed E-state index contributed by atoms with van der Waals surface area (Å²) >= 11 is 0. The lowest BCUT2D eigenvalue weighted by Gasteiger charge is -2.18. The van der Waals surface area contributed by atoms with Crippen LogP contribution in [0.25, 0.3) is 0 Å². The lowest BCUT2D eigenvalue weighted by atomic mass is 9.99. The minimum Gasteiger partial charge on any atom is -0.369 e. The van der Waals surface area contributed by atoms with Crippen molar-refractivity contribution in [3.63, 3.8) is 0 Å². The van der Waals surface area contributed by atoms with E-state index in [1.165, 1.54) is 0 Å². The highest BCUT2D eigenvalue weighted by Crippen LogP contribution is 2.33. The van der Waals surface area contributed by atoms with Gasteiger partial charge in [0.05, 0.1) is 5.92 Å². The van der Waals surface area contributed by atoms with Crippen LogP contribution in [0.2, 0.25) is 0 Å². The normalized spacial score (nSPS) is 20.1. The van der Waals surface area contributed by atoms with E-state index in [-0.39, 0.29) is 17.9 Å². The molecule has 0 saturated carbocycles. The number of hydrogen-bond acceptors (Lipinski definition) is 5. The number of carbonyl (C=O) groups excluding carboxylic acids is 1. The molecule has 1 fully saturated rings. The third kappa shape index (κ3) is 3.41. The van der Waals surface area contributed by atoms with Gasteiger partial charge in [-0.2, -0.15) is 0 Å². The predicted molar refractivity (Wildman–Crippen MR) is 90.4 cm³/mol. The van der Waals surface area contributed by atoms with Crippen molar-refractivity contribution in [3.05, 3.63) is 42.1 Å². The molecular weight excluding hydrogens is 306 g/mol. The van der Waals surface area contributed by atoms with Gasteiger partial charge in [-0.3, -0.25) is 4.79 Å². The van der Waals surface area contributed by atoms with E-state index in [1.807, 2.05) is 48.9 Å². The van der Waals surface area contributed by atoms with Crippen LogP contribution in [-0.2, 0) is 23.1 Å². The van der Waals surface area contributed by atoms with Crippen LogP contribution in [0.15, 0.2) is 30.7 Å². The molecule has 128 valence electrons. The van der Waals surface area contributed by atoms with Crippen LogP contribution < -0.4 is 10.2 Å². The summed E-state index contributed by atoms with van der Waals surface area (Å²) in [6, 6.07) is 3.89. The highest BCUT2D eigenvalue weighted by Gasteiger charge is 2.37. The Morgan fingerprint density at radius 3 is 2.96 bits per heavy atom. The van der Waals surface area contributed by atoms with Crippen LogP contribution in [0.4, 0.5) is 5.82 Å². The summed E-state index contributed by atoms with van der Waals surface area (Å²) in [6.45, 7) is 1.06. The monoisotopic (exact) mass is 329 g/mol. The molecule has 3 rings (SSSR count). The molecule has 2 aromatic heterocycles. The van der Waals surface area contributed by atoms with Crippen LogP contribution in [-0.4, -0.2) is 41.1 Å². The molecule has 1 N–H and O–H groups in total. The van der Waals surface area contributed by atoms with E-state index >= 15 is 0 Å². The second kappa shape index (κ2) is 7.00. The third-order valence-corrected chi connectivity index (χ3v) is 4.28. The molecule has 7 heteroatoms. The van der Waals surface area contributed by atoms with Crippen molar-refractivity contribution in [3.8, 4) is 0 Å². The standard InChI is InChI=1S/C17H23N5O2/c1-21(2)14-10-12(4-6-18-14)11-20-17(23)13-5-9-24-15(13)16-19-7-8-22(16)3/h4,6-8,10,13,15H,5,9,11H2,1-3H3,(H,20,23)/t13-,15-/m1/s1. The number of imidazole rings is 1. The van der Waals surface area contributed by atoms with Crippen LogP contribution in [0, 0.1) is 5.92 Å². The zero-order valence-corrected chi connectivity index (χ0v) is 14.3. The van der Waals surface area contributed by atoms with Gasteiger partial charge in [-0.05, 0) is 24.1 Å². The number of nitrogens with zero attached hydrogens (tertiary/aromatic N) is 4. The number of anilines is 1. The van der Waals surface area contributed by atoms with Gasteiger partial charge in [-0.15, -0.1) is 0 Å². The van der Waals surface area contributed by atoms with Crippen LogP contribution >= 0.6 is 0 Å². The van der Waals surface area contributed by atoms with Gasteiger partial charge in [0.15, 0.2) is 0 Å². The topological polar surface area (TPSA) is 72.3 Å². The lowest BCUT2D eigenvalue weighted by molar-refractivity contribution is -0.127. The number of pyridine rings is 1. The first-order valence-electron chi connectivity index (χ1n) is 8.05. The highest BCUT2D eigenvalue weighted by molar-refractivity contribution is 5.79. The van der Waals surface area contributed by atoms with E-state index in [2.05, 4.69) is 15.3 Å². The summed E-state index contributed by atoms with van der Waals surface area (Å²) < 4.78 is 7.66. The Morgan fingerprint density at radius 2 is 2.25 bits per heavy atom. The Balaban J connectivity index is 1.64. The fraction of sp³-hybridized carbons (Fsp3) is 0.471. The Labute approximate surface area is 141 Å². The maximum atomic E-state index is 12.6. The lowest BCUT2D eigenvalue weighted by Crippen LogP contribution is -2.32. The van der Waals surface area contributed by atoms with Crippen molar-refractivity contribution < 1.29 is 9.53 Å². The van der Waals surface area contributed by atoms with E-state index in [4.69, 9.17) is 4.74 Å². The number of aromatic nitrogens is 3. The Hall–Kier alpha value is -2.41. The molecule has 0 spiro atoms. The molecule has 7 nitrogen and oxygen atoms in total. The van der Waals surface area contributed by atoms with E-state index in [0.717, 1.165) is 17.2 Å². The van der Waals surface area contributed by atoms with E-state index < -0.39 is 0 Å². The molecule has 1 saturated heterocycles. The summed E-state index contributed by atoms with van der Waals surface area (Å²) in [4.78, 5) is 23.1. The predicted octanol–water partition coefficient (Wildman–Crippen LogP) is 1.28. The Bertz CT molecular complexity index is 713. The summed E-state index contributed by atoms with van der Waals surface area (Å²) in [7, 11) is 5.80. The van der Waals surface area contributed by atoms with Crippen molar-refractivity contribution >= 4 is 11.7 Å². The van der Waals surface area contributed by atoms with Gasteiger partial charge in [0, 0.05) is 52.9 Å². The average Bonchev–Trinajstić information content (AvgIpc) is 3.21. The molecule has 1 amide bonds. The molecule has 1 aliphatic heterocycles. The SMILES string of the molecule is CN(C)c1cc(CNC(=O)[C@@H]2CCO[C@H]2c2nccn2C)ccn1. The minimum atomic E-state index is -0.278. The first-order valence-corrected chi connectivity index (χ1v) is 8.05. The zero-order valence-electron chi connectivity index (χ0n) is 14.3. The number of aryl methyl sites for hydroxylation is 1. The first-order chi connectivity index (χ1) is 11.6. The quantitative estimate of drug-likeness (QED) is 0.894. The number of rotatable bonds is 5. The first kappa shape index (κ1) is 16.4. The third-order valence-electron chi connectivity index (χ3n) is 4.28. The molecule has 0 radical (unpaired) electrons. The second-order valence-corrected chi connectivity index (χ2v) is 6.22. The zero-order chi connectivity index (χ0) is 17.1. The average molecular weight is 329 g/mol.